The molecular weight excluding hydrogens is 314 g/mol. The van der Waals surface area contributed by atoms with Gasteiger partial charge in [0, 0.05) is 17.1 Å². The number of nitrogens with one attached hydrogen (secondary N) is 1. The molecule has 0 unspecified atom stereocenters. The van der Waals surface area contributed by atoms with Gasteiger partial charge in [0.1, 0.15) is 5.52 Å². The highest BCUT2D eigenvalue weighted by molar-refractivity contribution is 5.95. The highest BCUT2D eigenvalue weighted by atomic mass is 19.3. The van der Waals surface area contributed by atoms with E-state index < -0.39 is 18.2 Å². The van der Waals surface area contributed by atoms with Crippen LogP contribution in [0.25, 0.3) is 33.3 Å². The Kier molecular flexibility index (Phi) is 2.83. The van der Waals surface area contributed by atoms with Crippen molar-refractivity contribution in [2.24, 2.45) is 0 Å². The number of rotatable bonds is 2. The minimum atomic E-state index is -2.84. The molecule has 0 radical (unpaired) electrons. The Bertz CT molecular complexity index is 1040. The highest BCUT2D eigenvalue weighted by Gasteiger charge is 2.18. The monoisotopic (exact) mass is 321 g/mol. The second kappa shape index (κ2) is 4.77. The average molecular weight is 321 g/mol. The molecule has 1 N–H and O–H groups in total. The number of H-pyrrole nitrogens is 1. The molecule has 116 valence electrons. The number of hydrogen-bond donors (Lipinski definition) is 1. The Hall–Kier alpha value is -2.97. The van der Waals surface area contributed by atoms with Crippen molar-refractivity contribution >= 4 is 22.1 Å². The molecular formula is C14H7F4N5. The Morgan fingerprint density at radius 3 is 2.78 bits per heavy atom. The molecule has 0 saturated carbocycles. The van der Waals surface area contributed by atoms with Crippen molar-refractivity contribution in [3.8, 4) is 11.3 Å². The van der Waals surface area contributed by atoms with Gasteiger partial charge < -0.3 is 4.98 Å². The third kappa shape index (κ3) is 1.96. The fourth-order valence-corrected chi connectivity index (χ4v) is 2.48. The molecule has 1 aromatic carbocycles. The normalized spacial score (nSPS) is 11.9. The van der Waals surface area contributed by atoms with Crippen molar-refractivity contribution in [3.05, 3.63) is 42.4 Å². The van der Waals surface area contributed by atoms with Crippen LogP contribution in [0.4, 0.5) is 17.6 Å². The molecule has 23 heavy (non-hydrogen) atoms. The van der Waals surface area contributed by atoms with E-state index in [1.165, 1.54) is 12.4 Å². The van der Waals surface area contributed by atoms with Crippen LogP contribution in [0, 0.1) is 11.6 Å². The number of alkyl halides is 2. The third-order valence-electron chi connectivity index (χ3n) is 3.50. The van der Waals surface area contributed by atoms with Gasteiger partial charge in [0.05, 0.1) is 23.6 Å². The van der Waals surface area contributed by atoms with Crippen molar-refractivity contribution in [3.63, 3.8) is 0 Å². The molecule has 0 atom stereocenters. The number of halogens is 4. The van der Waals surface area contributed by atoms with Crippen molar-refractivity contribution in [1.29, 1.82) is 0 Å². The number of aromatic nitrogens is 5. The maximum Gasteiger partial charge on any atom is 0.335 e. The van der Waals surface area contributed by atoms with Crippen LogP contribution in [0.15, 0.2) is 30.7 Å². The summed E-state index contributed by atoms with van der Waals surface area (Å²) in [5.41, 5.74) is 0.590. The Labute approximate surface area is 125 Å². The van der Waals surface area contributed by atoms with Crippen molar-refractivity contribution in [1.82, 2.24) is 24.7 Å². The molecule has 4 aromatic rings. The van der Waals surface area contributed by atoms with E-state index in [0.29, 0.717) is 15.6 Å². The van der Waals surface area contributed by atoms with Crippen LogP contribution in [0.3, 0.4) is 0 Å². The third-order valence-corrected chi connectivity index (χ3v) is 3.50. The summed E-state index contributed by atoms with van der Waals surface area (Å²) >= 11 is 0. The fraction of sp³-hybridized carbons (Fsp3) is 0.0714. The predicted molar refractivity (Wildman–Crippen MR) is 73.8 cm³/mol. The van der Waals surface area contributed by atoms with Gasteiger partial charge in [-0.3, -0.25) is 0 Å². The van der Waals surface area contributed by atoms with Gasteiger partial charge in [0.15, 0.2) is 17.3 Å². The zero-order chi connectivity index (χ0) is 16.1. The Morgan fingerprint density at radius 1 is 1.17 bits per heavy atom. The van der Waals surface area contributed by atoms with Crippen LogP contribution in [0.2, 0.25) is 0 Å². The summed E-state index contributed by atoms with van der Waals surface area (Å²) in [5, 5.41) is 3.93. The van der Waals surface area contributed by atoms with Crippen LogP contribution in [-0.2, 0) is 0 Å². The van der Waals surface area contributed by atoms with E-state index in [4.69, 9.17) is 0 Å². The number of benzene rings is 1. The zero-order valence-corrected chi connectivity index (χ0v) is 11.3. The maximum atomic E-state index is 13.7. The summed E-state index contributed by atoms with van der Waals surface area (Å²) in [6, 6.07) is 2.57. The van der Waals surface area contributed by atoms with E-state index in [-0.39, 0.29) is 22.4 Å². The first-order valence-electron chi connectivity index (χ1n) is 6.50. The fourth-order valence-electron chi connectivity index (χ4n) is 2.48. The molecule has 0 fully saturated rings. The topological polar surface area (TPSA) is 59.4 Å². The smallest absolute Gasteiger partial charge is 0.335 e. The molecule has 3 aromatic heterocycles. The largest absolute Gasteiger partial charge is 0.359 e. The van der Waals surface area contributed by atoms with Gasteiger partial charge in [-0.25, -0.2) is 18.7 Å². The van der Waals surface area contributed by atoms with Crippen LogP contribution in [0.1, 0.15) is 6.55 Å². The van der Waals surface area contributed by atoms with Gasteiger partial charge in [-0.05, 0) is 12.1 Å². The van der Waals surface area contributed by atoms with E-state index in [2.05, 4.69) is 20.1 Å². The minimum Gasteiger partial charge on any atom is -0.359 e. The summed E-state index contributed by atoms with van der Waals surface area (Å²) in [6.45, 7) is -2.84. The molecule has 0 aliphatic heterocycles. The molecule has 0 aliphatic rings. The van der Waals surface area contributed by atoms with E-state index in [9.17, 15) is 17.6 Å². The lowest BCUT2D eigenvalue weighted by Gasteiger charge is -2.05. The first-order valence-corrected chi connectivity index (χ1v) is 6.50. The van der Waals surface area contributed by atoms with Crippen LogP contribution >= 0.6 is 0 Å². The number of nitrogens with zero attached hydrogens (tertiary/aromatic N) is 4. The van der Waals surface area contributed by atoms with Crippen molar-refractivity contribution in [2.75, 3.05) is 0 Å². The van der Waals surface area contributed by atoms with Gasteiger partial charge in [-0.15, -0.1) is 0 Å². The minimum absolute atomic E-state index is 0.00479. The number of fused-ring (bicyclic) bond motifs is 2. The van der Waals surface area contributed by atoms with Crippen LogP contribution in [0.5, 0.6) is 0 Å². The van der Waals surface area contributed by atoms with Gasteiger partial charge in [0.2, 0.25) is 0 Å². The summed E-state index contributed by atoms with van der Waals surface area (Å²) < 4.78 is 53.4. The van der Waals surface area contributed by atoms with Gasteiger partial charge in [0.25, 0.3) is 0 Å². The molecule has 9 heteroatoms. The van der Waals surface area contributed by atoms with Crippen molar-refractivity contribution in [2.45, 2.75) is 6.55 Å². The SMILES string of the molecule is Fc1cc(-c2cnc3c(cnn3C(F)F)n2)c2cc[nH]c2c1F. The highest BCUT2D eigenvalue weighted by Crippen LogP contribution is 2.31. The lowest BCUT2D eigenvalue weighted by atomic mass is 10.1. The predicted octanol–water partition coefficient (Wildman–Crippen LogP) is 3.65. The second-order valence-electron chi connectivity index (χ2n) is 4.82. The number of hydrogen-bond acceptors (Lipinski definition) is 3. The summed E-state index contributed by atoms with van der Waals surface area (Å²) in [6.07, 6.45) is 3.84. The molecule has 0 amide bonds. The Morgan fingerprint density at radius 2 is 2.00 bits per heavy atom. The lowest BCUT2D eigenvalue weighted by Crippen LogP contribution is -2.01. The summed E-state index contributed by atoms with van der Waals surface area (Å²) in [5.74, 6) is -2.03. The Balaban J connectivity index is 1.96. The average Bonchev–Trinajstić information content (AvgIpc) is 3.16. The van der Waals surface area contributed by atoms with E-state index in [0.717, 1.165) is 12.3 Å². The van der Waals surface area contributed by atoms with E-state index in [1.54, 1.807) is 6.07 Å². The number of aromatic amines is 1. The molecule has 0 saturated heterocycles. The van der Waals surface area contributed by atoms with Gasteiger partial charge in [-0.1, -0.05) is 0 Å². The standard InChI is InChI=1S/C14H7F4N5/c15-8-3-7(6-1-2-19-12(6)11(8)16)9-4-20-13-10(22-9)5-21-23(13)14(17)18/h1-5,14,19H. The molecule has 0 spiro atoms. The van der Waals surface area contributed by atoms with Crippen LogP contribution in [-0.4, -0.2) is 24.7 Å². The van der Waals surface area contributed by atoms with E-state index >= 15 is 0 Å². The molecule has 4 rings (SSSR count). The van der Waals surface area contributed by atoms with E-state index in [1.807, 2.05) is 0 Å². The van der Waals surface area contributed by atoms with Crippen LogP contribution < -0.4 is 0 Å². The zero-order valence-electron chi connectivity index (χ0n) is 11.3. The second-order valence-corrected chi connectivity index (χ2v) is 4.82. The van der Waals surface area contributed by atoms with Gasteiger partial charge >= 0.3 is 6.55 Å². The summed E-state index contributed by atoms with van der Waals surface area (Å²) in [4.78, 5) is 10.7. The lowest BCUT2D eigenvalue weighted by molar-refractivity contribution is 0.0608. The molecule has 3 heterocycles. The molecule has 0 bridgehead atoms. The first-order chi connectivity index (χ1) is 11.1. The maximum absolute atomic E-state index is 13.7. The first kappa shape index (κ1) is 13.7. The summed E-state index contributed by atoms with van der Waals surface area (Å²) in [7, 11) is 0. The van der Waals surface area contributed by atoms with Gasteiger partial charge in [-0.2, -0.15) is 18.6 Å². The quantitative estimate of drug-likeness (QED) is 0.573. The molecule has 5 nitrogen and oxygen atoms in total. The van der Waals surface area contributed by atoms with Crippen molar-refractivity contribution < 1.29 is 17.6 Å². The molecule has 0 aliphatic carbocycles.